The van der Waals surface area contributed by atoms with Crippen molar-refractivity contribution in [3.63, 3.8) is 0 Å². The van der Waals surface area contributed by atoms with E-state index in [2.05, 4.69) is 31.6 Å². The van der Waals surface area contributed by atoms with Crippen LogP contribution in [-0.2, 0) is 16.4 Å². The lowest BCUT2D eigenvalue weighted by Crippen LogP contribution is -2.43. The zero-order valence-corrected chi connectivity index (χ0v) is 16.7. The van der Waals surface area contributed by atoms with Gasteiger partial charge in [0.1, 0.15) is 5.82 Å². The minimum atomic E-state index is -2.93. The third-order valence-electron chi connectivity index (χ3n) is 3.24. The van der Waals surface area contributed by atoms with Gasteiger partial charge in [0.2, 0.25) is 0 Å². The summed E-state index contributed by atoms with van der Waals surface area (Å²) in [7, 11) is -1.31. The average Bonchev–Trinajstić information content (AvgIpc) is 2.77. The van der Waals surface area contributed by atoms with Crippen LogP contribution >= 0.6 is 39.9 Å². The van der Waals surface area contributed by atoms with E-state index in [-0.39, 0.29) is 47.3 Å². The summed E-state index contributed by atoms with van der Waals surface area (Å²) in [4.78, 5) is 4.05. The maximum atomic E-state index is 13.4. The summed E-state index contributed by atoms with van der Waals surface area (Å²) in [5, 5.41) is 6.12. The molecule has 0 spiro atoms. The third-order valence-corrected chi connectivity index (χ3v) is 5.65. The molecule has 9 heteroatoms. The predicted octanol–water partition coefficient (Wildman–Crippen LogP) is 2.06. The van der Waals surface area contributed by atoms with Crippen LogP contribution in [0.25, 0.3) is 0 Å². The molecular weight excluding hydrogens is 488 g/mol. The Labute approximate surface area is 155 Å². The van der Waals surface area contributed by atoms with Crippen LogP contribution in [0.4, 0.5) is 4.39 Å². The molecule has 2 rings (SSSR count). The van der Waals surface area contributed by atoms with Gasteiger partial charge in [0.05, 0.1) is 16.0 Å². The van der Waals surface area contributed by atoms with Gasteiger partial charge in [-0.25, -0.2) is 12.8 Å². The number of halogens is 3. The van der Waals surface area contributed by atoms with Crippen molar-refractivity contribution in [1.82, 2.24) is 10.6 Å². The molecule has 0 aliphatic carbocycles. The normalized spacial score (nSPS) is 20.3. The average molecular weight is 506 g/mol. The van der Waals surface area contributed by atoms with Crippen molar-refractivity contribution in [3.8, 4) is 0 Å². The largest absolute Gasteiger partial charge is 0.353 e. The number of benzene rings is 1. The van der Waals surface area contributed by atoms with Crippen molar-refractivity contribution in [3.05, 3.63) is 34.1 Å². The van der Waals surface area contributed by atoms with Gasteiger partial charge >= 0.3 is 0 Å². The van der Waals surface area contributed by atoms with Crippen molar-refractivity contribution >= 4 is 55.7 Å². The fourth-order valence-electron chi connectivity index (χ4n) is 2.13. The molecule has 0 saturated carbocycles. The molecule has 0 radical (unpaired) electrons. The standard InChI is InChI=1S/C13H17BrFN3O2S.HI/c1-16-13(18-10-4-5-21(19,20)8-10)17-7-9-2-3-11(14)12(15)6-9;/h2-3,6,10H,4-5,7-8H2,1H3,(H2,16,17,18);1H. The lowest BCUT2D eigenvalue weighted by molar-refractivity contribution is 0.599. The molecule has 0 aromatic heterocycles. The summed E-state index contributed by atoms with van der Waals surface area (Å²) in [6.45, 7) is 0.406. The maximum absolute atomic E-state index is 13.4. The summed E-state index contributed by atoms with van der Waals surface area (Å²) in [6.07, 6.45) is 0.579. The van der Waals surface area contributed by atoms with Gasteiger partial charge in [0.25, 0.3) is 0 Å². The first-order valence-corrected chi connectivity index (χ1v) is 9.12. The highest BCUT2D eigenvalue weighted by Crippen LogP contribution is 2.16. The van der Waals surface area contributed by atoms with Crippen LogP contribution in [0.5, 0.6) is 0 Å². The molecule has 124 valence electrons. The van der Waals surface area contributed by atoms with Crippen molar-refractivity contribution in [2.24, 2.45) is 4.99 Å². The minimum absolute atomic E-state index is 0. The Balaban J connectivity index is 0.00000242. The fourth-order valence-corrected chi connectivity index (χ4v) is 4.05. The Morgan fingerprint density at radius 1 is 1.50 bits per heavy atom. The Bertz CT molecular complexity index is 655. The molecule has 1 fully saturated rings. The van der Waals surface area contributed by atoms with E-state index in [4.69, 9.17) is 0 Å². The highest BCUT2D eigenvalue weighted by molar-refractivity contribution is 14.0. The van der Waals surface area contributed by atoms with Crippen LogP contribution in [0, 0.1) is 5.82 Å². The first kappa shape index (κ1) is 19.6. The van der Waals surface area contributed by atoms with Crippen LogP contribution in [-0.4, -0.2) is 39.0 Å². The lowest BCUT2D eigenvalue weighted by Gasteiger charge is -2.16. The number of guanidine groups is 1. The molecule has 5 nitrogen and oxygen atoms in total. The second kappa shape index (κ2) is 8.44. The molecular formula is C13H18BrFIN3O2S. The molecule has 1 saturated heterocycles. The van der Waals surface area contributed by atoms with Gasteiger partial charge in [0, 0.05) is 19.6 Å². The topological polar surface area (TPSA) is 70.6 Å². The van der Waals surface area contributed by atoms with Crippen LogP contribution in [0.2, 0.25) is 0 Å². The van der Waals surface area contributed by atoms with Gasteiger partial charge in [-0.05, 0) is 40.0 Å². The van der Waals surface area contributed by atoms with Crippen molar-refractivity contribution in [2.45, 2.75) is 19.0 Å². The predicted molar refractivity (Wildman–Crippen MR) is 99.9 cm³/mol. The van der Waals surface area contributed by atoms with E-state index in [0.29, 0.717) is 23.4 Å². The molecule has 1 aliphatic rings. The fraction of sp³-hybridized carbons (Fsp3) is 0.462. The van der Waals surface area contributed by atoms with E-state index in [1.165, 1.54) is 6.07 Å². The lowest BCUT2D eigenvalue weighted by atomic mass is 10.2. The molecule has 1 aromatic carbocycles. The summed E-state index contributed by atoms with van der Waals surface area (Å²) < 4.78 is 36.7. The number of rotatable bonds is 3. The number of nitrogens with zero attached hydrogens (tertiary/aromatic N) is 1. The summed E-state index contributed by atoms with van der Waals surface area (Å²) >= 11 is 3.10. The van der Waals surface area contributed by atoms with E-state index in [9.17, 15) is 12.8 Å². The van der Waals surface area contributed by atoms with Gasteiger partial charge in [-0.3, -0.25) is 4.99 Å². The van der Waals surface area contributed by atoms with Gasteiger partial charge in [-0.1, -0.05) is 6.07 Å². The highest BCUT2D eigenvalue weighted by atomic mass is 127. The summed E-state index contributed by atoms with van der Waals surface area (Å²) in [5.74, 6) is 0.528. The molecule has 1 aliphatic heterocycles. The number of hydrogen-bond donors (Lipinski definition) is 2. The van der Waals surface area contributed by atoms with Crippen LogP contribution in [0.1, 0.15) is 12.0 Å². The van der Waals surface area contributed by atoms with E-state index in [1.807, 2.05) is 0 Å². The summed E-state index contributed by atoms with van der Waals surface area (Å²) in [6, 6.07) is 4.76. The highest BCUT2D eigenvalue weighted by Gasteiger charge is 2.28. The molecule has 1 heterocycles. The molecule has 22 heavy (non-hydrogen) atoms. The van der Waals surface area contributed by atoms with Gasteiger partial charge < -0.3 is 10.6 Å². The van der Waals surface area contributed by atoms with Crippen LogP contribution < -0.4 is 10.6 Å². The molecule has 1 aromatic rings. The quantitative estimate of drug-likeness (QED) is 0.375. The van der Waals surface area contributed by atoms with Crippen LogP contribution in [0.15, 0.2) is 27.7 Å². The molecule has 0 amide bonds. The van der Waals surface area contributed by atoms with Gasteiger partial charge in [-0.15, -0.1) is 24.0 Å². The summed E-state index contributed by atoms with van der Waals surface area (Å²) in [5.41, 5.74) is 0.776. The molecule has 1 atom stereocenters. The third kappa shape index (κ3) is 5.65. The number of hydrogen-bond acceptors (Lipinski definition) is 3. The first-order valence-electron chi connectivity index (χ1n) is 6.51. The molecule has 0 bridgehead atoms. The minimum Gasteiger partial charge on any atom is -0.353 e. The van der Waals surface area contributed by atoms with Gasteiger partial charge in [-0.2, -0.15) is 0 Å². The number of sulfone groups is 1. The van der Waals surface area contributed by atoms with E-state index < -0.39 is 9.84 Å². The Kier molecular flexibility index (Phi) is 7.53. The smallest absolute Gasteiger partial charge is 0.191 e. The zero-order valence-electron chi connectivity index (χ0n) is 12.0. The zero-order chi connectivity index (χ0) is 15.5. The number of nitrogens with one attached hydrogen (secondary N) is 2. The molecule has 1 unspecified atom stereocenters. The van der Waals surface area contributed by atoms with E-state index in [0.717, 1.165) is 5.56 Å². The van der Waals surface area contributed by atoms with Crippen molar-refractivity contribution in [1.29, 1.82) is 0 Å². The Morgan fingerprint density at radius 3 is 2.77 bits per heavy atom. The second-order valence-corrected chi connectivity index (χ2v) is 8.00. The number of aliphatic imine (C=N–C) groups is 1. The van der Waals surface area contributed by atoms with Gasteiger partial charge in [0.15, 0.2) is 15.8 Å². The SMILES string of the molecule is CN=C(NCc1ccc(Br)c(F)c1)NC1CCS(=O)(=O)C1.I. The van der Waals surface area contributed by atoms with E-state index >= 15 is 0 Å². The van der Waals surface area contributed by atoms with Crippen molar-refractivity contribution < 1.29 is 12.8 Å². The van der Waals surface area contributed by atoms with E-state index in [1.54, 1.807) is 19.2 Å². The Morgan fingerprint density at radius 2 is 2.23 bits per heavy atom. The maximum Gasteiger partial charge on any atom is 0.191 e. The second-order valence-electron chi connectivity index (χ2n) is 4.92. The first-order chi connectivity index (χ1) is 9.89. The van der Waals surface area contributed by atoms with Crippen LogP contribution in [0.3, 0.4) is 0 Å². The molecule has 2 N–H and O–H groups in total. The monoisotopic (exact) mass is 505 g/mol. The Hall–Kier alpha value is -0.420. The van der Waals surface area contributed by atoms with Crippen molar-refractivity contribution in [2.75, 3.05) is 18.6 Å².